The molecule has 0 N–H and O–H groups in total. The van der Waals surface area contributed by atoms with Crippen LogP contribution < -0.4 is 4.74 Å². The van der Waals surface area contributed by atoms with Crippen molar-refractivity contribution < 1.29 is 23.8 Å². The highest BCUT2D eigenvalue weighted by Gasteiger charge is 2.24. The van der Waals surface area contributed by atoms with Gasteiger partial charge in [0.15, 0.2) is 0 Å². The second kappa shape index (κ2) is 15.9. The Balaban J connectivity index is 1.17. The van der Waals surface area contributed by atoms with Crippen molar-refractivity contribution >= 4 is 11.9 Å². The molecule has 40 heavy (non-hydrogen) atoms. The Morgan fingerprint density at radius 1 is 0.750 bits per heavy atom. The Bertz CT molecular complexity index is 1200. The maximum Gasteiger partial charge on any atom is 0.338 e. The maximum absolute atomic E-state index is 12.8. The van der Waals surface area contributed by atoms with Gasteiger partial charge in [0, 0.05) is 6.42 Å². The fraction of sp³-hybridized carbons (Fsp3) is 0.429. The number of fused-ring (bicyclic) bond motifs is 1. The van der Waals surface area contributed by atoms with E-state index in [0.29, 0.717) is 24.2 Å². The average Bonchev–Trinajstić information content (AvgIpc) is 2.99. The molecule has 0 spiro atoms. The van der Waals surface area contributed by atoms with Crippen molar-refractivity contribution in [1.82, 2.24) is 0 Å². The summed E-state index contributed by atoms with van der Waals surface area (Å²) in [5.74, 6) is 0.138. The summed E-state index contributed by atoms with van der Waals surface area (Å²) in [5.41, 5.74) is 4.25. The van der Waals surface area contributed by atoms with Gasteiger partial charge in [0.25, 0.3) is 0 Å². The Hall–Kier alpha value is -3.60. The average molecular weight is 543 g/mol. The Morgan fingerprint density at radius 2 is 1.45 bits per heavy atom. The standard InChI is InChI=1S/C35H42O5/c1-2-3-4-5-6-7-8-12-23-38-32-20-17-28(18-21-32)35(37)40-33-22-19-29-24-31(16-15-30(29)25-33)34(36)39-26-27-13-10-9-11-14-27/h9-11,13-18,20-21,24,33H,2-8,12,19,22-23,25-26H2,1H3. The van der Waals surface area contributed by atoms with Crippen LogP contribution in [0.15, 0.2) is 72.8 Å². The highest BCUT2D eigenvalue weighted by atomic mass is 16.5. The van der Waals surface area contributed by atoms with Crippen LogP contribution >= 0.6 is 0 Å². The topological polar surface area (TPSA) is 61.8 Å². The van der Waals surface area contributed by atoms with Crippen molar-refractivity contribution in [2.45, 2.75) is 90.3 Å². The summed E-state index contributed by atoms with van der Waals surface area (Å²) in [6.45, 7) is 3.20. The number of hydrogen-bond acceptors (Lipinski definition) is 5. The van der Waals surface area contributed by atoms with Gasteiger partial charge < -0.3 is 14.2 Å². The molecule has 1 aliphatic carbocycles. The summed E-state index contributed by atoms with van der Waals surface area (Å²) in [4.78, 5) is 25.3. The predicted octanol–water partition coefficient (Wildman–Crippen LogP) is 8.28. The number of carbonyl (C=O) groups excluding carboxylic acids is 2. The molecule has 1 atom stereocenters. The van der Waals surface area contributed by atoms with Crippen molar-refractivity contribution in [3.8, 4) is 5.75 Å². The van der Waals surface area contributed by atoms with E-state index in [4.69, 9.17) is 14.2 Å². The second-order valence-corrected chi connectivity index (χ2v) is 10.7. The first-order chi connectivity index (χ1) is 19.6. The number of rotatable bonds is 15. The van der Waals surface area contributed by atoms with Crippen molar-refractivity contribution in [3.63, 3.8) is 0 Å². The molecule has 3 aromatic carbocycles. The minimum Gasteiger partial charge on any atom is -0.494 e. The van der Waals surface area contributed by atoms with E-state index in [9.17, 15) is 9.59 Å². The molecule has 5 nitrogen and oxygen atoms in total. The Morgan fingerprint density at radius 3 is 2.20 bits per heavy atom. The van der Waals surface area contributed by atoms with Crippen molar-refractivity contribution in [1.29, 1.82) is 0 Å². The van der Waals surface area contributed by atoms with Crippen LogP contribution in [0.3, 0.4) is 0 Å². The highest BCUT2D eigenvalue weighted by Crippen LogP contribution is 2.26. The van der Waals surface area contributed by atoms with Gasteiger partial charge in [0.05, 0.1) is 17.7 Å². The third kappa shape index (κ3) is 9.25. The van der Waals surface area contributed by atoms with Crippen LogP contribution in [-0.4, -0.2) is 24.6 Å². The van der Waals surface area contributed by atoms with Crippen LogP contribution in [-0.2, 0) is 28.9 Å². The van der Waals surface area contributed by atoms with Gasteiger partial charge in [-0.25, -0.2) is 9.59 Å². The minimum atomic E-state index is -0.328. The zero-order valence-corrected chi connectivity index (χ0v) is 23.7. The summed E-state index contributed by atoms with van der Waals surface area (Å²) in [6.07, 6.45) is 12.1. The van der Waals surface area contributed by atoms with Gasteiger partial charge in [-0.15, -0.1) is 0 Å². The van der Waals surface area contributed by atoms with Crippen LogP contribution in [0.25, 0.3) is 0 Å². The molecule has 0 bridgehead atoms. The fourth-order valence-corrected chi connectivity index (χ4v) is 5.09. The molecule has 0 saturated heterocycles. The van der Waals surface area contributed by atoms with E-state index in [2.05, 4.69) is 6.92 Å². The van der Waals surface area contributed by atoms with E-state index >= 15 is 0 Å². The van der Waals surface area contributed by atoms with Crippen LogP contribution in [0.5, 0.6) is 5.75 Å². The summed E-state index contributed by atoms with van der Waals surface area (Å²) in [5, 5.41) is 0. The molecule has 4 rings (SSSR count). The number of hydrogen-bond donors (Lipinski definition) is 0. The third-order valence-corrected chi connectivity index (χ3v) is 7.47. The molecule has 0 radical (unpaired) electrons. The Labute approximate surface area is 238 Å². The van der Waals surface area contributed by atoms with Crippen molar-refractivity contribution in [3.05, 3.63) is 101 Å². The number of ether oxygens (including phenoxy) is 3. The predicted molar refractivity (Wildman–Crippen MR) is 158 cm³/mol. The SMILES string of the molecule is CCCCCCCCCCOc1ccc(C(=O)OC2CCc3cc(C(=O)OCc4ccccc4)ccc3C2)cc1. The van der Waals surface area contributed by atoms with Crippen LogP contribution in [0, 0.1) is 0 Å². The summed E-state index contributed by atoms with van der Waals surface area (Å²) < 4.78 is 17.2. The van der Waals surface area contributed by atoms with Crippen molar-refractivity contribution in [2.24, 2.45) is 0 Å². The normalized spacial score (nSPS) is 14.3. The summed E-state index contributed by atoms with van der Waals surface area (Å²) >= 11 is 0. The maximum atomic E-state index is 12.8. The summed E-state index contributed by atoms with van der Waals surface area (Å²) in [6, 6.07) is 22.5. The minimum absolute atomic E-state index is 0.186. The molecular formula is C35H42O5. The zero-order valence-electron chi connectivity index (χ0n) is 23.7. The van der Waals surface area contributed by atoms with E-state index in [1.54, 1.807) is 18.2 Å². The molecule has 1 unspecified atom stereocenters. The number of aryl methyl sites for hydroxylation is 1. The largest absolute Gasteiger partial charge is 0.494 e. The van der Waals surface area contributed by atoms with E-state index in [0.717, 1.165) is 41.7 Å². The molecule has 0 amide bonds. The molecule has 0 aromatic heterocycles. The monoisotopic (exact) mass is 542 g/mol. The smallest absolute Gasteiger partial charge is 0.338 e. The van der Waals surface area contributed by atoms with E-state index in [1.165, 1.54) is 44.9 Å². The lowest BCUT2D eigenvalue weighted by Crippen LogP contribution is -2.26. The quantitative estimate of drug-likeness (QED) is 0.143. The van der Waals surface area contributed by atoms with E-state index in [-0.39, 0.29) is 24.6 Å². The van der Waals surface area contributed by atoms with Crippen molar-refractivity contribution in [2.75, 3.05) is 6.61 Å². The number of esters is 2. The van der Waals surface area contributed by atoms with Crippen LogP contribution in [0.2, 0.25) is 0 Å². The molecule has 0 aliphatic heterocycles. The van der Waals surface area contributed by atoms with Gasteiger partial charge in [0.1, 0.15) is 18.5 Å². The third-order valence-electron chi connectivity index (χ3n) is 7.47. The molecule has 0 fully saturated rings. The molecule has 1 aliphatic rings. The Kier molecular flexibility index (Phi) is 11.6. The van der Waals surface area contributed by atoms with Crippen LogP contribution in [0.1, 0.15) is 102 Å². The lowest BCUT2D eigenvalue weighted by molar-refractivity contribution is 0.0271. The molecule has 5 heteroatoms. The van der Waals surface area contributed by atoms with Gasteiger partial charge in [-0.1, -0.05) is 88.3 Å². The first-order valence-corrected chi connectivity index (χ1v) is 14.9. The van der Waals surface area contributed by atoms with E-state index in [1.807, 2.05) is 54.6 Å². The number of unbranched alkanes of at least 4 members (excludes halogenated alkanes) is 7. The van der Waals surface area contributed by atoms with Gasteiger partial charge in [-0.05, 0) is 72.4 Å². The second-order valence-electron chi connectivity index (χ2n) is 10.7. The van der Waals surface area contributed by atoms with Gasteiger partial charge in [-0.2, -0.15) is 0 Å². The zero-order chi connectivity index (χ0) is 28.0. The van der Waals surface area contributed by atoms with Gasteiger partial charge >= 0.3 is 11.9 Å². The molecule has 0 saturated carbocycles. The molecular weight excluding hydrogens is 500 g/mol. The highest BCUT2D eigenvalue weighted by molar-refractivity contribution is 5.90. The number of benzene rings is 3. The summed E-state index contributed by atoms with van der Waals surface area (Å²) in [7, 11) is 0. The van der Waals surface area contributed by atoms with E-state index < -0.39 is 0 Å². The number of carbonyl (C=O) groups is 2. The molecule has 0 heterocycles. The van der Waals surface area contributed by atoms with Gasteiger partial charge in [0.2, 0.25) is 0 Å². The van der Waals surface area contributed by atoms with Gasteiger partial charge in [-0.3, -0.25) is 0 Å². The first-order valence-electron chi connectivity index (χ1n) is 14.9. The van der Waals surface area contributed by atoms with Crippen LogP contribution in [0.4, 0.5) is 0 Å². The lowest BCUT2D eigenvalue weighted by Gasteiger charge is -2.25. The molecule has 3 aromatic rings. The fourth-order valence-electron chi connectivity index (χ4n) is 5.09. The first kappa shape index (κ1) is 29.4. The lowest BCUT2D eigenvalue weighted by atomic mass is 9.88. The molecule has 212 valence electrons.